The maximum atomic E-state index is 13.0. The van der Waals surface area contributed by atoms with Crippen LogP contribution in [0.15, 0.2) is 84.9 Å². The van der Waals surface area contributed by atoms with Crippen molar-refractivity contribution in [1.82, 2.24) is 4.90 Å². The molecule has 1 saturated heterocycles. The summed E-state index contributed by atoms with van der Waals surface area (Å²) in [4.78, 5) is 37.9. The molecule has 0 saturated carbocycles. The van der Waals surface area contributed by atoms with Gasteiger partial charge in [-0.3, -0.25) is 19.7 Å². The van der Waals surface area contributed by atoms with Gasteiger partial charge in [0.1, 0.15) is 6.04 Å². The van der Waals surface area contributed by atoms with Crippen LogP contribution in [0, 0.1) is 10.1 Å². The van der Waals surface area contributed by atoms with E-state index in [1.165, 1.54) is 29.2 Å². The number of carbonyl (C=O) groups excluding carboxylic acids is 2. The number of benzene rings is 3. The van der Waals surface area contributed by atoms with E-state index in [-0.39, 0.29) is 23.4 Å². The van der Waals surface area contributed by atoms with E-state index in [1.54, 1.807) is 24.3 Å². The number of non-ortho nitro benzene ring substituents is 1. The molecule has 138 valence electrons. The Balaban J connectivity index is 1.65. The van der Waals surface area contributed by atoms with Gasteiger partial charge in [-0.1, -0.05) is 60.7 Å². The summed E-state index contributed by atoms with van der Waals surface area (Å²) in [5.41, 5.74) is 1.66. The predicted molar refractivity (Wildman–Crippen MR) is 103 cm³/mol. The first kappa shape index (κ1) is 17.6. The van der Waals surface area contributed by atoms with Gasteiger partial charge in [-0.2, -0.15) is 0 Å². The van der Waals surface area contributed by atoms with Gasteiger partial charge >= 0.3 is 0 Å². The lowest BCUT2D eigenvalue weighted by atomic mass is 10.0. The fourth-order valence-corrected chi connectivity index (χ4v) is 3.39. The zero-order chi connectivity index (χ0) is 19.7. The molecule has 1 heterocycles. The van der Waals surface area contributed by atoms with Crippen molar-refractivity contribution >= 4 is 17.4 Å². The summed E-state index contributed by atoms with van der Waals surface area (Å²) in [6.45, 7) is 0. The fraction of sp³-hybridized carbons (Fsp3) is 0.0909. The summed E-state index contributed by atoms with van der Waals surface area (Å²) < 4.78 is 0. The Kier molecular flexibility index (Phi) is 4.45. The van der Waals surface area contributed by atoms with Crippen molar-refractivity contribution in [3.63, 3.8) is 0 Å². The molecule has 1 amide bonds. The van der Waals surface area contributed by atoms with Gasteiger partial charge in [0.2, 0.25) is 0 Å². The summed E-state index contributed by atoms with van der Waals surface area (Å²) in [6.07, 6.45) is 0. The molecule has 0 radical (unpaired) electrons. The Hall–Kier alpha value is -3.80. The third-order valence-corrected chi connectivity index (χ3v) is 4.84. The van der Waals surface area contributed by atoms with Gasteiger partial charge in [-0.15, -0.1) is 0 Å². The molecule has 0 aromatic heterocycles. The molecule has 1 aliphatic heterocycles. The number of rotatable bonds is 5. The first-order valence-corrected chi connectivity index (χ1v) is 8.79. The Labute approximate surface area is 161 Å². The Morgan fingerprint density at radius 2 is 1.36 bits per heavy atom. The lowest BCUT2D eigenvalue weighted by Gasteiger charge is -2.05. The minimum Gasteiger partial charge on any atom is -0.316 e. The average Bonchev–Trinajstić information content (AvgIpc) is 3.49. The molecule has 1 fully saturated rings. The van der Waals surface area contributed by atoms with Gasteiger partial charge in [0.05, 0.1) is 11.0 Å². The predicted octanol–water partition coefficient (Wildman–Crippen LogP) is 4.04. The van der Waals surface area contributed by atoms with Crippen molar-refractivity contribution in [3.8, 4) is 0 Å². The van der Waals surface area contributed by atoms with Gasteiger partial charge in [0.15, 0.2) is 5.78 Å². The molecule has 0 unspecified atom stereocenters. The molecule has 4 rings (SSSR count). The highest BCUT2D eigenvalue weighted by Crippen LogP contribution is 2.45. The van der Waals surface area contributed by atoms with E-state index in [2.05, 4.69) is 0 Å². The van der Waals surface area contributed by atoms with Crippen molar-refractivity contribution in [1.29, 1.82) is 0 Å². The summed E-state index contributed by atoms with van der Waals surface area (Å²) in [5.74, 6) is -0.442. The van der Waals surface area contributed by atoms with Crippen molar-refractivity contribution in [2.24, 2.45) is 0 Å². The molecule has 2 atom stereocenters. The highest BCUT2D eigenvalue weighted by atomic mass is 16.6. The van der Waals surface area contributed by atoms with Gasteiger partial charge in [-0.05, 0) is 17.7 Å². The van der Waals surface area contributed by atoms with Crippen LogP contribution in [0.25, 0.3) is 0 Å². The second-order valence-corrected chi connectivity index (χ2v) is 6.55. The monoisotopic (exact) mass is 372 g/mol. The molecule has 1 aliphatic rings. The van der Waals surface area contributed by atoms with E-state index in [1.807, 2.05) is 36.4 Å². The second kappa shape index (κ2) is 7.08. The topological polar surface area (TPSA) is 80.3 Å². The van der Waals surface area contributed by atoms with Gasteiger partial charge in [0.25, 0.3) is 11.6 Å². The van der Waals surface area contributed by atoms with Crippen LogP contribution in [0.5, 0.6) is 0 Å². The fourth-order valence-electron chi connectivity index (χ4n) is 3.39. The summed E-state index contributed by atoms with van der Waals surface area (Å²) in [6, 6.07) is 22.8. The highest BCUT2D eigenvalue weighted by molar-refractivity contribution is 6.08. The molecular formula is C22H16N2O4. The minimum absolute atomic E-state index is 0.0844. The van der Waals surface area contributed by atoms with Crippen molar-refractivity contribution in [2.45, 2.75) is 12.1 Å². The number of hydrogen-bond acceptors (Lipinski definition) is 4. The van der Waals surface area contributed by atoms with Crippen LogP contribution in [-0.4, -0.2) is 27.6 Å². The Morgan fingerprint density at radius 3 is 1.93 bits per heavy atom. The number of ketones is 1. The normalized spacial score (nSPS) is 17.8. The molecule has 0 spiro atoms. The Bertz CT molecular complexity index is 1030. The first-order valence-electron chi connectivity index (χ1n) is 8.79. The lowest BCUT2D eigenvalue weighted by molar-refractivity contribution is -0.384. The molecule has 6 heteroatoms. The van der Waals surface area contributed by atoms with E-state index >= 15 is 0 Å². The number of nitro groups is 1. The van der Waals surface area contributed by atoms with Gasteiger partial charge < -0.3 is 4.90 Å². The third-order valence-electron chi connectivity index (χ3n) is 4.84. The Morgan fingerprint density at radius 1 is 0.786 bits per heavy atom. The van der Waals surface area contributed by atoms with Crippen LogP contribution < -0.4 is 0 Å². The molecule has 0 N–H and O–H groups in total. The van der Waals surface area contributed by atoms with E-state index in [0.29, 0.717) is 11.1 Å². The quantitative estimate of drug-likeness (QED) is 0.293. The van der Waals surface area contributed by atoms with Crippen LogP contribution in [0.2, 0.25) is 0 Å². The molecule has 28 heavy (non-hydrogen) atoms. The molecule has 0 aliphatic carbocycles. The van der Waals surface area contributed by atoms with Crippen molar-refractivity contribution in [3.05, 3.63) is 112 Å². The summed E-state index contributed by atoms with van der Waals surface area (Å²) in [5, 5.41) is 10.8. The van der Waals surface area contributed by atoms with Crippen LogP contribution >= 0.6 is 0 Å². The smallest absolute Gasteiger partial charge is 0.269 e. The number of hydrogen-bond donors (Lipinski definition) is 0. The van der Waals surface area contributed by atoms with E-state index in [9.17, 15) is 19.7 Å². The molecule has 0 bridgehead atoms. The molecule has 6 nitrogen and oxygen atoms in total. The largest absolute Gasteiger partial charge is 0.316 e. The standard InChI is InChI=1S/C22H16N2O4/c25-21(16-9-5-2-6-10-16)20-19(15-7-3-1-4-8-15)23(20)22(26)17-11-13-18(14-12-17)24(27)28/h1-14,19-20H/t19-,20+,23?/m1/s1. The number of nitro benzene ring substituents is 1. The lowest BCUT2D eigenvalue weighted by Crippen LogP contribution is -2.19. The number of amides is 1. The van der Waals surface area contributed by atoms with Crippen molar-refractivity contribution < 1.29 is 14.5 Å². The van der Waals surface area contributed by atoms with Crippen LogP contribution in [0.3, 0.4) is 0 Å². The van der Waals surface area contributed by atoms with Gasteiger partial charge in [-0.25, -0.2) is 0 Å². The maximum Gasteiger partial charge on any atom is 0.269 e. The molecular weight excluding hydrogens is 356 g/mol. The van der Waals surface area contributed by atoms with Crippen LogP contribution in [-0.2, 0) is 0 Å². The summed E-state index contributed by atoms with van der Waals surface area (Å²) >= 11 is 0. The highest BCUT2D eigenvalue weighted by Gasteiger charge is 2.56. The third kappa shape index (κ3) is 3.16. The zero-order valence-electron chi connectivity index (χ0n) is 14.8. The second-order valence-electron chi connectivity index (χ2n) is 6.55. The van der Waals surface area contributed by atoms with E-state index in [0.717, 1.165) is 5.56 Å². The number of nitrogens with zero attached hydrogens (tertiary/aromatic N) is 2. The number of carbonyl (C=O) groups is 2. The zero-order valence-corrected chi connectivity index (χ0v) is 14.8. The first-order chi connectivity index (χ1) is 13.6. The van der Waals surface area contributed by atoms with E-state index < -0.39 is 11.0 Å². The molecule has 3 aromatic rings. The van der Waals surface area contributed by atoms with Crippen molar-refractivity contribution in [2.75, 3.05) is 0 Å². The minimum atomic E-state index is -0.590. The maximum absolute atomic E-state index is 13.0. The van der Waals surface area contributed by atoms with E-state index in [4.69, 9.17) is 0 Å². The average molecular weight is 372 g/mol. The van der Waals surface area contributed by atoms with Gasteiger partial charge in [0, 0.05) is 23.3 Å². The SMILES string of the molecule is O=C(c1ccccc1)[C@@H]1[C@@H](c2ccccc2)N1C(=O)c1ccc([N+](=O)[O-])cc1. The summed E-state index contributed by atoms with van der Waals surface area (Å²) in [7, 11) is 0. The van der Waals surface area contributed by atoms with Crippen LogP contribution in [0.4, 0.5) is 5.69 Å². The van der Waals surface area contributed by atoms with Crippen LogP contribution in [0.1, 0.15) is 32.3 Å². The molecule has 3 aromatic carbocycles. The number of Topliss-reactive ketones (excluding diaryl/α,β-unsaturated/α-hetero) is 1.